The van der Waals surface area contributed by atoms with Gasteiger partial charge in [0.1, 0.15) is 5.00 Å². The van der Waals surface area contributed by atoms with Gasteiger partial charge in [0.05, 0.1) is 17.0 Å². The topological polar surface area (TPSA) is 75.7 Å². The summed E-state index contributed by atoms with van der Waals surface area (Å²) < 4.78 is 31.6. The van der Waals surface area contributed by atoms with Gasteiger partial charge in [0.15, 0.2) is 11.6 Å². The quantitative estimate of drug-likeness (QED) is 0.675. The van der Waals surface area contributed by atoms with Gasteiger partial charge in [0, 0.05) is 18.7 Å². The molecule has 2 rings (SSSR count). The first-order valence-corrected chi connectivity index (χ1v) is 9.92. The maximum absolute atomic E-state index is 13.5. The summed E-state index contributed by atoms with van der Waals surface area (Å²) in [6.07, 6.45) is 0. The molecule has 9 heteroatoms. The highest BCUT2D eigenvalue weighted by atomic mass is 32.1. The Labute approximate surface area is 171 Å². The summed E-state index contributed by atoms with van der Waals surface area (Å²) in [6, 6.07) is 2.73. The monoisotopic (exact) mass is 424 g/mol. The second kappa shape index (κ2) is 9.60. The van der Waals surface area contributed by atoms with E-state index in [0.29, 0.717) is 23.5 Å². The molecule has 29 heavy (non-hydrogen) atoms. The smallest absolute Gasteiger partial charge is 0.341 e. The van der Waals surface area contributed by atoms with Crippen molar-refractivity contribution < 1.29 is 27.9 Å². The molecule has 0 aliphatic carbocycles. The van der Waals surface area contributed by atoms with Crippen LogP contribution in [-0.4, -0.2) is 42.4 Å². The molecule has 0 radical (unpaired) electrons. The van der Waals surface area contributed by atoms with E-state index in [9.17, 15) is 23.2 Å². The highest BCUT2D eigenvalue weighted by molar-refractivity contribution is 7.18. The van der Waals surface area contributed by atoms with E-state index in [1.165, 1.54) is 0 Å². The highest BCUT2D eigenvalue weighted by Crippen LogP contribution is 2.35. The van der Waals surface area contributed by atoms with Gasteiger partial charge in [-0.05, 0) is 51.5 Å². The number of carbonyl (C=O) groups is 3. The van der Waals surface area contributed by atoms with Crippen LogP contribution >= 0.6 is 11.3 Å². The first-order chi connectivity index (χ1) is 13.7. The van der Waals surface area contributed by atoms with Gasteiger partial charge in [-0.25, -0.2) is 13.6 Å². The van der Waals surface area contributed by atoms with Crippen molar-refractivity contribution in [3.8, 4) is 0 Å². The van der Waals surface area contributed by atoms with Crippen LogP contribution in [0.25, 0.3) is 0 Å². The maximum Gasteiger partial charge on any atom is 0.341 e. The van der Waals surface area contributed by atoms with Crippen LogP contribution in [0.3, 0.4) is 0 Å². The average molecular weight is 424 g/mol. The number of carbonyl (C=O) groups excluding carboxylic acids is 3. The fourth-order valence-corrected chi connectivity index (χ4v) is 3.88. The Balaban J connectivity index is 2.47. The predicted octanol–water partition coefficient (Wildman–Crippen LogP) is 4.25. The molecular formula is C20H22F2N2O4S. The Hall–Kier alpha value is -2.81. The fraction of sp³-hybridized carbons (Fsp3) is 0.350. The van der Waals surface area contributed by atoms with E-state index in [1.54, 1.807) is 18.7 Å². The molecule has 0 bridgehead atoms. The third-order valence-corrected chi connectivity index (χ3v) is 5.48. The van der Waals surface area contributed by atoms with Crippen LogP contribution in [0.2, 0.25) is 0 Å². The van der Waals surface area contributed by atoms with Crippen molar-refractivity contribution in [3.05, 3.63) is 51.4 Å². The molecule has 1 N–H and O–H groups in total. The summed E-state index contributed by atoms with van der Waals surface area (Å²) in [7, 11) is 0. The number of rotatable bonds is 7. The van der Waals surface area contributed by atoms with Crippen molar-refractivity contribution in [2.24, 2.45) is 0 Å². The molecular weight excluding hydrogens is 402 g/mol. The lowest BCUT2D eigenvalue weighted by Crippen LogP contribution is -2.30. The molecule has 2 amide bonds. The van der Waals surface area contributed by atoms with Gasteiger partial charge in [-0.15, -0.1) is 11.3 Å². The van der Waals surface area contributed by atoms with E-state index in [4.69, 9.17) is 4.74 Å². The van der Waals surface area contributed by atoms with Crippen LogP contribution in [0.4, 0.5) is 13.8 Å². The zero-order chi connectivity index (χ0) is 21.7. The summed E-state index contributed by atoms with van der Waals surface area (Å²) in [6.45, 7) is 8.00. The number of esters is 1. The zero-order valence-corrected chi connectivity index (χ0v) is 17.4. The number of thiophene rings is 1. The van der Waals surface area contributed by atoms with Crippen molar-refractivity contribution >= 4 is 34.1 Å². The molecule has 0 saturated carbocycles. The largest absolute Gasteiger partial charge is 0.462 e. The molecule has 1 aromatic carbocycles. The second-order valence-corrected chi connectivity index (χ2v) is 7.06. The molecule has 156 valence electrons. The summed E-state index contributed by atoms with van der Waals surface area (Å²) in [5.41, 5.74) is 0.343. The molecule has 0 spiro atoms. The Morgan fingerprint density at radius 3 is 2.31 bits per heavy atom. The molecule has 2 aromatic rings. The molecule has 0 aliphatic heterocycles. The average Bonchev–Trinajstić information content (AvgIpc) is 3.00. The van der Waals surface area contributed by atoms with E-state index in [1.807, 2.05) is 13.8 Å². The normalized spacial score (nSPS) is 10.6. The van der Waals surface area contributed by atoms with E-state index in [0.717, 1.165) is 29.5 Å². The van der Waals surface area contributed by atoms with Crippen LogP contribution < -0.4 is 5.32 Å². The number of hydrogen-bond acceptors (Lipinski definition) is 5. The number of anilines is 1. The Bertz CT molecular complexity index is 939. The van der Waals surface area contributed by atoms with Crippen LogP contribution in [0.1, 0.15) is 56.7 Å². The minimum absolute atomic E-state index is 0.0725. The van der Waals surface area contributed by atoms with Crippen molar-refractivity contribution in [3.63, 3.8) is 0 Å². The van der Waals surface area contributed by atoms with Crippen LogP contribution in [0.5, 0.6) is 0 Å². The summed E-state index contributed by atoms with van der Waals surface area (Å²) in [5.74, 6) is -3.93. The van der Waals surface area contributed by atoms with E-state index in [2.05, 4.69) is 5.32 Å². The highest BCUT2D eigenvalue weighted by Gasteiger charge is 2.28. The predicted molar refractivity (Wildman–Crippen MR) is 107 cm³/mol. The molecule has 0 unspecified atom stereocenters. The number of ether oxygens (including phenoxy) is 1. The molecule has 0 saturated heterocycles. The molecule has 1 heterocycles. The first-order valence-electron chi connectivity index (χ1n) is 9.11. The third kappa shape index (κ3) is 4.79. The summed E-state index contributed by atoms with van der Waals surface area (Å²) in [5, 5.41) is 2.64. The van der Waals surface area contributed by atoms with Gasteiger partial charge in [-0.1, -0.05) is 0 Å². The lowest BCUT2D eigenvalue weighted by atomic mass is 10.1. The van der Waals surface area contributed by atoms with Crippen LogP contribution in [0, 0.1) is 18.6 Å². The van der Waals surface area contributed by atoms with Crippen molar-refractivity contribution in [2.75, 3.05) is 25.0 Å². The fourth-order valence-electron chi connectivity index (χ4n) is 2.72. The number of nitrogens with one attached hydrogen (secondary N) is 1. The van der Waals surface area contributed by atoms with E-state index >= 15 is 0 Å². The number of benzene rings is 1. The Kier molecular flexibility index (Phi) is 7.44. The van der Waals surface area contributed by atoms with Crippen LogP contribution in [-0.2, 0) is 4.74 Å². The molecule has 0 atom stereocenters. The molecule has 0 fully saturated rings. The van der Waals surface area contributed by atoms with Crippen LogP contribution in [0.15, 0.2) is 18.2 Å². The molecule has 0 aliphatic rings. The summed E-state index contributed by atoms with van der Waals surface area (Å²) >= 11 is 0.946. The first kappa shape index (κ1) is 22.5. The van der Waals surface area contributed by atoms with Gasteiger partial charge >= 0.3 is 5.97 Å². The van der Waals surface area contributed by atoms with Crippen molar-refractivity contribution in [2.45, 2.75) is 27.7 Å². The molecule has 6 nitrogen and oxygen atoms in total. The number of nitrogens with zero attached hydrogens (tertiary/aromatic N) is 1. The number of halogens is 2. The third-order valence-electron chi connectivity index (χ3n) is 4.28. The van der Waals surface area contributed by atoms with Gasteiger partial charge in [-0.3, -0.25) is 9.59 Å². The van der Waals surface area contributed by atoms with Crippen molar-refractivity contribution in [1.82, 2.24) is 4.90 Å². The van der Waals surface area contributed by atoms with Gasteiger partial charge in [0.25, 0.3) is 11.8 Å². The van der Waals surface area contributed by atoms with Gasteiger partial charge in [0.2, 0.25) is 0 Å². The van der Waals surface area contributed by atoms with Gasteiger partial charge in [-0.2, -0.15) is 0 Å². The zero-order valence-electron chi connectivity index (χ0n) is 16.6. The molecule has 1 aromatic heterocycles. The Morgan fingerprint density at radius 2 is 1.76 bits per heavy atom. The number of amides is 2. The lowest BCUT2D eigenvalue weighted by Gasteiger charge is -2.18. The van der Waals surface area contributed by atoms with Crippen molar-refractivity contribution in [1.29, 1.82) is 0 Å². The second-order valence-electron chi connectivity index (χ2n) is 6.04. The number of hydrogen-bond donors (Lipinski definition) is 1. The SMILES string of the molecule is CCOC(=O)c1c(NC(=O)c2ccc(F)c(F)c2)sc(C(=O)N(CC)CC)c1C. The van der Waals surface area contributed by atoms with Gasteiger partial charge < -0.3 is 15.0 Å². The minimum Gasteiger partial charge on any atom is -0.462 e. The minimum atomic E-state index is -1.16. The standard InChI is InChI=1S/C20H22F2N2O4S/c1-5-24(6-2)19(26)16-11(4)15(20(27)28-7-3)18(29-16)23-17(25)12-8-9-13(21)14(22)10-12/h8-10H,5-7H2,1-4H3,(H,23,25). The van der Waals surface area contributed by atoms with E-state index < -0.39 is 23.5 Å². The summed E-state index contributed by atoms with van der Waals surface area (Å²) in [4.78, 5) is 39.6. The van der Waals surface area contributed by atoms with E-state index in [-0.39, 0.29) is 28.6 Å². The Morgan fingerprint density at radius 1 is 1.10 bits per heavy atom. The maximum atomic E-state index is 13.5. The lowest BCUT2D eigenvalue weighted by molar-refractivity contribution is 0.0527.